The van der Waals surface area contributed by atoms with E-state index in [9.17, 15) is 4.79 Å². The van der Waals surface area contributed by atoms with E-state index in [-0.39, 0.29) is 5.91 Å². The number of nitrogens with one attached hydrogen (secondary N) is 1. The van der Waals surface area contributed by atoms with Gasteiger partial charge < -0.3 is 4.90 Å². The van der Waals surface area contributed by atoms with E-state index in [4.69, 9.17) is 5.84 Å². The summed E-state index contributed by atoms with van der Waals surface area (Å²) in [6.45, 7) is 2.17. The number of anilines is 1. The highest BCUT2D eigenvalue weighted by molar-refractivity contribution is 5.80. The monoisotopic (exact) mass is 233 g/mol. The summed E-state index contributed by atoms with van der Waals surface area (Å²) in [4.78, 5) is 13.7. The summed E-state index contributed by atoms with van der Waals surface area (Å²) in [6, 6.07) is 8.07. The van der Waals surface area contributed by atoms with Crippen molar-refractivity contribution in [3.8, 4) is 0 Å². The minimum Gasteiger partial charge on any atom is -0.371 e. The summed E-state index contributed by atoms with van der Waals surface area (Å²) in [5.41, 5.74) is 4.42. The standard InChI is InChI=1S/C13H19N3O/c14-15-13(17)10-11-6-2-3-7-12(11)16-8-4-1-5-9-16/h2-3,6-7H,1,4-5,8-10,14H2,(H,15,17). The van der Waals surface area contributed by atoms with E-state index in [1.165, 1.54) is 24.9 Å². The van der Waals surface area contributed by atoms with Crippen LogP contribution in [0.25, 0.3) is 0 Å². The van der Waals surface area contributed by atoms with Crippen molar-refractivity contribution in [2.75, 3.05) is 18.0 Å². The maximum Gasteiger partial charge on any atom is 0.238 e. The molecule has 0 atom stereocenters. The highest BCUT2D eigenvalue weighted by atomic mass is 16.2. The van der Waals surface area contributed by atoms with Gasteiger partial charge in [0.15, 0.2) is 0 Å². The highest BCUT2D eigenvalue weighted by Gasteiger charge is 2.15. The maximum atomic E-state index is 11.4. The average molecular weight is 233 g/mol. The molecule has 3 N–H and O–H groups in total. The van der Waals surface area contributed by atoms with Crippen LogP contribution < -0.4 is 16.2 Å². The Labute approximate surface area is 102 Å². The Morgan fingerprint density at radius 1 is 1.24 bits per heavy atom. The number of hydrogen-bond donors (Lipinski definition) is 2. The number of carbonyl (C=O) groups excluding carboxylic acids is 1. The Morgan fingerprint density at radius 2 is 1.94 bits per heavy atom. The van der Waals surface area contributed by atoms with E-state index >= 15 is 0 Å². The third-order valence-electron chi connectivity index (χ3n) is 3.20. The fraction of sp³-hybridized carbons (Fsp3) is 0.462. The first-order valence-corrected chi connectivity index (χ1v) is 6.13. The molecule has 1 aliphatic heterocycles. The quantitative estimate of drug-likeness (QED) is 0.469. The number of hydrazine groups is 1. The molecule has 1 aromatic rings. The van der Waals surface area contributed by atoms with Gasteiger partial charge in [0.1, 0.15) is 0 Å². The average Bonchev–Trinajstić information content (AvgIpc) is 2.40. The minimum atomic E-state index is -0.144. The van der Waals surface area contributed by atoms with Crippen molar-refractivity contribution >= 4 is 11.6 Å². The van der Waals surface area contributed by atoms with Crippen molar-refractivity contribution in [1.82, 2.24) is 5.43 Å². The molecule has 0 bridgehead atoms. The number of nitrogens with zero attached hydrogens (tertiary/aromatic N) is 1. The van der Waals surface area contributed by atoms with Crippen molar-refractivity contribution in [3.63, 3.8) is 0 Å². The Hall–Kier alpha value is -1.55. The van der Waals surface area contributed by atoms with Gasteiger partial charge in [-0.15, -0.1) is 0 Å². The molecule has 0 radical (unpaired) electrons. The number of benzene rings is 1. The first-order chi connectivity index (χ1) is 8.31. The van der Waals surface area contributed by atoms with Gasteiger partial charge in [-0.1, -0.05) is 18.2 Å². The third kappa shape index (κ3) is 2.97. The van der Waals surface area contributed by atoms with Gasteiger partial charge in [0, 0.05) is 18.8 Å². The van der Waals surface area contributed by atoms with Crippen LogP contribution in [0.1, 0.15) is 24.8 Å². The first kappa shape index (κ1) is 11.9. The molecule has 1 heterocycles. The van der Waals surface area contributed by atoms with Gasteiger partial charge in [0.25, 0.3) is 0 Å². The van der Waals surface area contributed by atoms with Crippen LogP contribution in [0, 0.1) is 0 Å². The van der Waals surface area contributed by atoms with E-state index in [2.05, 4.69) is 16.4 Å². The smallest absolute Gasteiger partial charge is 0.238 e. The Bertz CT molecular complexity index is 386. The van der Waals surface area contributed by atoms with Gasteiger partial charge in [-0.2, -0.15) is 0 Å². The van der Waals surface area contributed by atoms with Gasteiger partial charge in [0.2, 0.25) is 5.91 Å². The lowest BCUT2D eigenvalue weighted by Gasteiger charge is -2.30. The predicted molar refractivity (Wildman–Crippen MR) is 68.5 cm³/mol. The maximum absolute atomic E-state index is 11.4. The molecule has 0 saturated carbocycles. The van der Waals surface area contributed by atoms with Gasteiger partial charge in [-0.05, 0) is 30.9 Å². The normalized spacial score (nSPS) is 15.7. The molecular formula is C13H19N3O. The number of rotatable bonds is 3. The van der Waals surface area contributed by atoms with Crippen LogP contribution in [0.4, 0.5) is 5.69 Å². The molecule has 4 heteroatoms. The topological polar surface area (TPSA) is 58.4 Å². The number of amides is 1. The Balaban J connectivity index is 2.17. The predicted octanol–water partition coefficient (Wildman–Crippen LogP) is 1.21. The highest BCUT2D eigenvalue weighted by Crippen LogP contribution is 2.24. The molecule has 4 nitrogen and oxygen atoms in total. The molecule has 2 rings (SSSR count). The van der Waals surface area contributed by atoms with Crippen molar-refractivity contribution in [2.24, 2.45) is 5.84 Å². The zero-order valence-electron chi connectivity index (χ0n) is 9.98. The van der Waals surface area contributed by atoms with E-state index < -0.39 is 0 Å². The van der Waals surface area contributed by atoms with E-state index in [0.29, 0.717) is 6.42 Å². The minimum absolute atomic E-state index is 0.144. The molecule has 17 heavy (non-hydrogen) atoms. The van der Waals surface area contributed by atoms with Gasteiger partial charge in [-0.3, -0.25) is 10.2 Å². The molecule has 0 spiro atoms. The summed E-state index contributed by atoms with van der Waals surface area (Å²) in [5, 5.41) is 0. The number of piperidine rings is 1. The lowest BCUT2D eigenvalue weighted by atomic mass is 10.0. The lowest BCUT2D eigenvalue weighted by Crippen LogP contribution is -2.33. The number of nitrogens with two attached hydrogens (primary N) is 1. The van der Waals surface area contributed by atoms with Crippen LogP contribution in [0.15, 0.2) is 24.3 Å². The second-order valence-corrected chi connectivity index (χ2v) is 4.42. The van der Waals surface area contributed by atoms with Crippen LogP contribution in [0.5, 0.6) is 0 Å². The molecule has 1 amide bonds. The number of para-hydroxylation sites is 1. The van der Waals surface area contributed by atoms with Crippen LogP contribution in [-0.2, 0) is 11.2 Å². The second-order valence-electron chi connectivity index (χ2n) is 4.42. The zero-order chi connectivity index (χ0) is 12.1. The molecule has 92 valence electrons. The summed E-state index contributed by atoms with van der Waals surface area (Å²) in [7, 11) is 0. The molecule has 1 aliphatic rings. The van der Waals surface area contributed by atoms with Crippen LogP contribution in [0.3, 0.4) is 0 Å². The van der Waals surface area contributed by atoms with Crippen molar-refractivity contribution < 1.29 is 4.79 Å². The molecule has 0 aromatic heterocycles. The second kappa shape index (κ2) is 5.68. The summed E-state index contributed by atoms with van der Waals surface area (Å²) in [5.74, 6) is 4.99. The molecule has 0 unspecified atom stereocenters. The summed E-state index contributed by atoms with van der Waals surface area (Å²) in [6.07, 6.45) is 4.12. The molecular weight excluding hydrogens is 214 g/mol. The fourth-order valence-corrected chi connectivity index (χ4v) is 2.33. The molecule has 1 aromatic carbocycles. The van der Waals surface area contributed by atoms with Crippen LogP contribution in [0.2, 0.25) is 0 Å². The van der Waals surface area contributed by atoms with Crippen molar-refractivity contribution in [1.29, 1.82) is 0 Å². The van der Waals surface area contributed by atoms with Gasteiger partial charge in [-0.25, -0.2) is 5.84 Å². The van der Waals surface area contributed by atoms with Gasteiger partial charge in [0.05, 0.1) is 6.42 Å². The van der Waals surface area contributed by atoms with Crippen molar-refractivity contribution in [2.45, 2.75) is 25.7 Å². The van der Waals surface area contributed by atoms with E-state index in [1.54, 1.807) is 0 Å². The molecule has 1 saturated heterocycles. The molecule has 1 fully saturated rings. The fourth-order valence-electron chi connectivity index (χ4n) is 2.33. The summed E-state index contributed by atoms with van der Waals surface area (Å²) < 4.78 is 0. The third-order valence-corrected chi connectivity index (χ3v) is 3.20. The number of carbonyl (C=O) groups is 1. The van der Waals surface area contributed by atoms with Crippen LogP contribution in [-0.4, -0.2) is 19.0 Å². The summed E-state index contributed by atoms with van der Waals surface area (Å²) >= 11 is 0. The Kier molecular flexibility index (Phi) is 3.98. The zero-order valence-corrected chi connectivity index (χ0v) is 9.98. The number of hydrogen-bond acceptors (Lipinski definition) is 3. The van der Waals surface area contributed by atoms with Crippen molar-refractivity contribution in [3.05, 3.63) is 29.8 Å². The van der Waals surface area contributed by atoms with Crippen LogP contribution >= 0.6 is 0 Å². The van der Waals surface area contributed by atoms with E-state index in [1.807, 2.05) is 18.2 Å². The lowest BCUT2D eigenvalue weighted by molar-refractivity contribution is -0.120. The first-order valence-electron chi connectivity index (χ1n) is 6.13. The molecule has 0 aliphatic carbocycles. The van der Waals surface area contributed by atoms with Gasteiger partial charge >= 0.3 is 0 Å². The SMILES string of the molecule is NNC(=O)Cc1ccccc1N1CCCCC1. The Morgan fingerprint density at radius 3 is 2.65 bits per heavy atom. The van der Waals surface area contributed by atoms with E-state index in [0.717, 1.165) is 18.7 Å². The largest absolute Gasteiger partial charge is 0.371 e.